The van der Waals surface area contributed by atoms with Gasteiger partial charge in [-0.1, -0.05) is 37.3 Å². The van der Waals surface area contributed by atoms with E-state index in [1.807, 2.05) is 0 Å². The summed E-state index contributed by atoms with van der Waals surface area (Å²) in [5.41, 5.74) is 1.37. The number of ketones is 1. The van der Waals surface area contributed by atoms with Crippen LogP contribution >= 0.6 is 0 Å². The SMILES string of the molecule is C[C@@H]1C[C@H]2CC(=O)[C@@H]3[C@H]4CCN(C)C[C@H]4CC23[C@@H](OCc2ccccc2)C1. The smallest absolute Gasteiger partial charge is 0.137 e. The molecule has 0 bridgehead atoms. The fourth-order valence-corrected chi connectivity index (χ4v) is 7.44. The Morgan fingerprint density at radius 1 is 1.22 bits per heavy atom. The molecule has 3 aliphatic carbocycles. The summed E-state index contributed by atoms with van der Waals surface area (Å²) >= 11 is 0. The summed E-state index contributed by atoms with van der Waals surface area (Å²) in [5.74, 6) is 3.36. The fourth-order valence-electron chi connectivity index (χ4n) is 7.44. The second-order valence-corrected chi connectivity index (χ2v) is 10.00. The lowest BCUT2D eigenvalue weighted by molar-refractivity contribution is -0.134. The Bertz CT molecular complexity index is 704. The van der Waals surface area contributed by atoms with Crippen LogP contribution in [0.4, 0.5) is 0 Å². The van der Waals surface area contributed by atoms with Crippen LogP contribution in [0.15, 0.2) is 30.3 Å². The third-order valence-corrected chi connectivity index (χ3v) is 8.37. The van der Waals surface area contributed by atoms with Crippen LogP contribution in [-0.4, -0.2) is 36.9 Å². The second-order valence-electron chi connectivity index (χ2n) is 10.00. The van der Waals surface area contributed by atoms with Gasteiger partial charge in [0.1, 0.15) is 5.78 Å². The van der Waals surface area contributed by atoms with E-state index in [2.05, 4.69) is 49.2 Å². The Hall–Kier alpha value is -1.19. The normalized spacial score (nSPS) is 44.0. The summed E-state index contributed by atoms with van der Waals surface area (Å²) in [4.78, 5) is 15.7. The van der Waals surface area contributed by atoms with Crippen molar-refractivity contribution in [3.63, 3.8) is 0 Å². The number of fused-ring (bicyclic) bond motifs is 2. The molecule has 1 aliphatic heterocycles. The number of ether oxygens (including phenoxy) is 1. The highest BCUT2D eigenvalue weighted by molar-refractivity contribution is 5.86. The Labute approximate surface area is 163 Å². The number of likely N-dealkylation sites (tertiary alicyclic amines) is 1. The molecule has 1 heterocycles. The van der Waals surface area contributed by atoms with Gasteiger partial charge < -0.3 is 9.64 Å². The first-order valence-electron chi connectivity index (χ1n) is 10.9. The van der Waals surface area contributed by atoms with E-state index in [4.69, 9.17) is 4.74 Å². The van der Waals surface area contributed by atoms with Gasteiger partial charge in [0.2, 0.25) is 0 Å². The molecule has 5 rings (SSSR count). The van der Waals surface area contributed by atoms with Crippen molar-refractivity contribution in [1.29, 1.82) is 0 Å². The monoisotopic (exact) mass is 367 g/mol. The first-order valence-corrected chi connectivity index (χ1v) is 10.9. The van der Waals surface area contributed by atoms with Gasteiger partial charge >= 0.3 is 0 Å². The number of benzene rings is 1. The molecule has 7 atom stereocenters. The molecule has 0 N–H and O–H groups in total. The van der Waals surface area contributed by atoms with Crippen molar-refractivity contribution < 1.29 is 9.53 Å². The molecule has 1 saturated heterocycles. The number of carbonyl (C=O) groups is 1. The molecule has 3 nitrogen and oxygen atoms in total. The van der Waals surface area contributed by atoms with Gasteiger partial charge in [0, 0.05) is 24.3 Å². The molecule has 27 heavy (non-hydrogen) atoms. The predicted octanol–water partition coefficient (Wildman–Crippen LogP) is 4.16. The molecule has 0 radical (unpaired) electrons. The molecule has 0 aromatic heterocycles. The lowest BCUT2D eigenvalue weighted by Crippen LogP contribution is -2.48. The molecule has 146 valence electrons. The van der Waals surface area contributed by atoms with E-state index in [-0.39, 0.29) is 17.4 Å². The minimum atomic E-state index is 0.124. The number of carbonyl (C=O) groups excluding carboxylic acids is 1. The molecular weight excluding hydrogens is 334 g/mol. The van der Waals surface area contributed by atoms with Crippen molar-refractivity contribution in [2.45, 2.75) is 51.7 Å². The van der Waals surface area contributed by atoms with Crippen molar-refractivity contribution >= 4 is 5.78 Å². The number of nitrogens with zero attached hydrogens (tertiary/aromatic N) is 1. The van der Waals surface area contributed by atoms with E-state index in [9.17, 15) is 4.79 Å². The second kappa shape index (κ2) is 6.70. The van der Waals surface area contributed by atoms with Crippen LogP contribution in [0.2, 0.25) is 0 Å². The number of hydrogen-bond donors (Lipinski definition) is 0. The number of piperidine rings is 1. The first kappa shape index (κ1) is 17.9. The molecule has 1 aromatic rings. The maximum absolute atomic E-state index is 13.2. The zero-order chi connectivity index (χ0) is 18.6. The van der Waals surface area contributed by atoms with E-state index >= 15 is 0 Å². The number of rotatable bonds is 3. The predicted molar refractivity (Wildman–Crippen MR) is 106 cm³/mol. The minimum absolute atomic E-state index is 0.124. The van der Waals surface area contributed by atoms with E-state index in [1.54, 1.807) is 0 Å². The number of Topliss-reactive ketones (excluding diaryl/α,β-unsaturated/α-hetero) is 1. The Morgan fingerprint density at radius 3 is 2.85 bits per heavy atom. The Kier molecular flexibility index (Phi) is 4.44. The van der Waals surface area contributed by atoms with Gasteiger partial charge in [-0.25, -0.2) is 0 Å². The molecule has 0 amide bonds. The van der Waals surface area contributed by atoms with E-state index in [1.165, 1.54) is 31.4 Å². The van der Waals surface area contributed by atoms with Crippen molar-refractivity contribution in [3.05, 3.63) is 35.9 Å². The summed E-state index contributed by atoms with van der Waals surface area (Å²) < 4.78 is 6.67. The minimum Gasteiger partial charge on any atom is -0.373 e. The highest BCUT2D eigenvalue weighted by atomic mass is 16.5. The molecule has 4 aliphatic rings. The van der Waals surface area contributed by atoms with Gasteiger partial charge in [-0.05, 0) is 68.5 Å². The van der Waals surface area contributed by atoms with E-state index in [0.717, 1.165) is 19.4 Å². The lowest BCUT2D eigenvalue weighted by atomic mass is 9.60. The molecule has 1 spiro atoms. The van der Waals surface area contributed by atoms with Crippen LogP contribution in [0, 0.1) is 35.0 Å². The topological polar surface area (TPSA) is 29.5 Å². The third-order valence-electron chi connectivity index (χ3n) is 8.37. The zero-order valence-corrected chi connectivity index (χ0v) is 16.8. The van der Waals surface area contributed by atoms with Crippen LogP contribution in [0.25, 0.3) is 0 Å². The van der Waals surface area contributed by atoms with Crippen LogP contribution in [-0.2, 0) is 16.1 Å². The standard InChI is InChI=1S/C24H33NO2/c1-16-10-19-12-21(26)23-20-8-9-25(2)14-18(20)13-24(19,23)22(11-16)27-15-17-6-4-3-5-7-17/h3-7,16,18-20,22-23H,8-15H2,1-2H3/t16-,18-,19+,20+,22+,23+,24?/m1/s1. The molecule has 4 fully saturated rings. The molecule has 3 saturated carbocycles. The summed E-state index contributed by atoms with van der Waals surface area (Å²) in [6.45, 7) is 5.36. The zero-order valence-electron chi connectivity index (χ0n) is 16.8. The highest BCUT2D eigenvalue weighted by Gasteiger charge is 2.68. The first-order chi connectivity index (χ1) is 13.1. The fraction of sp³-hybridized carbons (Fsp3) is 0.708. The maximum atomic E-state index is 13.2. The van der Waals surface area contributed by atoms with Gasteiger partial charge in [-0.3, -0.25) is 4.79 Å². The number of hydrogen-bond acceptors (Lipinski definition) is 3. The Balaban J connectivity index is 1.45. The van der Waals surface area contributed by atoms with Crippen LogP contribution in [0.3, 0.4) is 0 Å². The molecule has 3 heteroatoms. The largest absolute Gasteiger partial charge is 0.373 e. The van der Waals surface area contributed by atoms with Crippen molar-refractivity contribution in [2.75, 3.05) is 20.1 Å². The molecule has 1 aromatic carbocycles. The van der Waals surface area contributed by atoms with Crippen LogP contribution in [0.5, 0.6) is 0 Å². The van der Waals surface area contributed by atoms with Crippen molar-refractivity contribution in [1.82, 2.24) is 4.90 Å². The third kappa shape index (κ3) is 2.81. The lowest BCUT2D eigenvalue weighted by Gasteiger charge is -2.48. The molecule has 1 unspecified atom stereocenters. The van der Waals surface area contributed by atoms with Gasteiger partial charge in [0.15, 0.2) is 0 Å². The van der Waals surface area contributed by atoms with Crippen LogP contribution in [0.1, 0.15) is 44.6 Å². The highest BCUT2D eigenvalue weighted by Crippen LogP contribution is 2.67. The Morgan fingerprint density at radius 2 is 2.04 bits per heavy atom. The molecular formula is C24H33NO2. The van der Waals surface area contributed by atoms with Crippen LogP contribution < -0.4 is 0 Å². The van der Waals surface area contributed by atoms with Crippen molar-refractivity contribution in [2.24, 2.45) is 35.0 Å². The summed E-state index contributed by atoms with van der Waals surface area (Å²) in [5, 5.41) is 0. The van der Waals surface area contributed by atoms with Crippen molar-refractivity contribution in [3.8, 4) is 0 Å². The maximum Gasteiger partial charge on any atom is 0.137 e. The van der Waals surface area contributed by atoms with Gasteiger partial charge in [0.25, 0.3) is 0 Å². The summed E-state index contributed by atoms with van der Waals surface area (Å²) in [6, 6.07) is 10.5. The van der Waals surface area contributed by atoms with Gasteiger partial charge in [0.05, 0.1) is 12.7 Å². The van der Waals surface area contributed by atoms with Gasteiger partial charge in [-0.15, -0.1) is 0 Å². The average molecular weight is 368 g/mol. The van der Waals surface area contributed by atoms with Gasteiger partial charge in [-0.2, -0.15) is 0 Å². The van der Waals surface area contributed by atoms with E-state index < -0.39 is 0 Å². The summed E-state index contributed by atoms with van der Waals surface area (Å²) in [7, 11) is 2.24. The quantitative estimate of drug-likeness (QED) is 0.803. The summed E-state index contributed by atoms with van der Waals surface area (Å²) in [6.07, 6.45) is 5.84. The van der Waals surface area contributed by atoms with E-state index in [0.29, 0.717) is 36.1 Å². The average Bonchev–Trinajstić information content (AvgIpc) is 3.12.